The van der Waals surface area contributed by atoms with Gasteiger partial charge >= 0.3 is 0 Å². The Hall–Kier alpha value is -4.07. The number of nitriles is 1. The predicted octanol–water partition coefficient (Wildman–Crippen LogP) is 6.62. The van der Waals surface area contributed by atoms with Gasteiger partial charge in [0.2, 0.25) is 0 Å². The summed E-state index contributed by atoms with van der Waals surface area (Å²) in [6.45, 7) is 0.451. The van der Waals surface area contributed by atoms with Crippen molar-refractivity contribution < 1.29 is 9.53 Å². The van der Waals surface area contributed by atoms with Crippen molar-refractivity contribution in [1.82, 2.24) is 0 Å². The van der Waals surface area contributed by atoms with Gasteiger partial charge in [-0.1, -0.05) is 60.1 Å². The molecule has 0 saturated heterocycles. The van der Waals surface area contributed by atoms with Gasteiger partial charge in [0.1, 0.15) is 24.0 Å². The highest BCUT2D eigenvalue weighted by atomic mass is 35.5. The van der Waals surface area contributed by atoms with Crippen LogP contribution >= 0.6 is 11.6 Å². The van der Waals surface area contributed by atoms with Crippen molar-refractivity contribution >= 4 is 40.0 Å². The van der Waals surface area contributed by atoms with E-state index in [1.165, 1.54) is 10.8 Å². The zero-order chi connectivity index (χ0) is 22.3. The molecule has 0 saturated carbocycles. The molecule has 0 heterocycles. The highest BCUT2D eigenvalue weighted by Crippen LogP contribution is 2.20. The molecule has 5 heteroatoms. The van der Waals surface area contributed by atoms with Crippen LogP contribution in [0.5, 0.6) is 5.75 Å². The van der Waals surface area contributed by atoms with Crippen LogP contribution in [-0.2, 0) is 11.4 Å². The fraction of sp³-hybridized carbons (Fsp3) is 0.0370. The Morgan fingerprint density at radius 3 is 2.38 bits per heavy atom. The maximum Gasteiger partial charge on any atom is 0.266 e. The highest BCUT2D eigenvalue weighted by Gasteiger charge is 2.09. The van der Waals surface area contributed by atoms with Crippen molar-refractivity contribution in [1.29, 1.82) is 5.26 Å². The summed E-state index contributed by atoms with van der Waals surface area (Å²) >= 11 is 5.85. The van der Waals surface area contributed by atoms with Crippen molar-refractivity contribution in [2.45, 2.75) is 6.61 Å². The molecule has 0 aromatic heterocycles. The van der Waals surface area contributed by atoms with E-state index in [0.29, 0.717) is 23.1 Å². The molecule has 156 valence electrons. The highest BCUT2D eigenvalue weighted by molar-refractivity contribution is 6.30. The summed E-state index contributed by atoms with van der Waals surface area (Å²) in [5.41, 5.74) is 2.38. The Morgan fingerprint density at radius 1 is 0.938 bits per heavy atom. The minimum absolute atomic E-state index is 0.00443. The summed E-state index contributed by atoms with van der Waals surface area (Å²) in [5.74, 6) is 0.228. The molecule has 0 radical (unpaired) electrons. The molecule has 4 nitrogen and oxygen atoms in total. The van der Waals surface area contributed by atoms with Crippen molar-refractivity contribution in [3.05, 3.63) is 113 Å². The summed E-state index contributed by atoms with van der Waals surface area (Å²) in [6.07, 6.45) is 1.54. The third kappa shape index (κ3) is 5.34. The van der Waals surface area contributed by atoms with E-state index in [0.717, 1.165) is 11.1 Å². The molecule has 1 N–H and O–H groups in total. The zero-order valence-electron chi connectivity index (χ0n) is 17.1. The molecule has 4 aromatic rings. The Kier molecular flexibility index (Phi) is 6.50. The number of amides is 1. The van der Waals surface area contributed by atoms with E-state index in [9.17, 15) is 10.1 Å². The SMILES string of the molecule is N#C/C(=C/c1ccc(OCc2ccc3ccccc3c2)cc1)C(=O)Nc1ccc(Cl)cc1. The number of halogens is 1. The van der Waals surface area contributed by atoms with Crippen molar-refractivity contribution in [3.63, 3.8) is 0 Å². The summed E-state index contributed by atoms with van der Waals surface area (Å²) in [4.78, 5) is 12.4. The maximum atomic E-state index is 12.4. The van der Waals surface area contributed by atoms with Crippen molar-refractivity contribution in [2.75, 3.05) is 5.32 Å². The smallest absolute Gasteiger partial charge is 0.266 e. The minimum Gasteiger partial charge on any atom is -0.489 e. The van der Waals surface area contributed by atoms with Gasteiger partial charge in [-0.3, -0.25) is 4.79 Å². The Morgan fingerprint density at radius 2 is 1.66 bits per heavy atom. The van der Waals surface area contributed by atoms with E-state index in [2.05, 4.69) is 35.6 Å². The molecular formula is C27H19ClN2O2. The first-order valence-corrected chi connectivity index (χ1v) is 10.4. The molecule has 0 atom stereocenters. The number of rotatable bonds is 6. The number of fused-ring (bicyclic) bond motifs is 1. The molecule has 0 aliphatic rings. The number of carbonyl (C=O) groups excluding carboxylic acids is 1. The Balaban J connectivity index is 1.40. The van der Waals surface area contributed by atoms with Crippen LogP contribution in [0.1, 0.15) is 11.1 Å². The third-order valence-corrected chi connectivity index (χ3v) is 5.13. The molecule has 0 aliphatic carbocycles. The molecule has 0 unspecified atom stereocenters. The van der Waals surface area contributed by atoms with Crippen LogP contribution in [0.2, 0.25) is 5.02 Å². The number of carbonyl (C=O) groups is 1. The lowest BCUT2D eigenvalue weighted by atomic mass is 10.1. The van der Waals surface area contributed by atoms with Gasteiger partial charge in [-0.25, -0.2) is 0 Å². The minimum atomic E-state index is -0.480. The van der Waals surface area contributed by atoms with Gasteiger partial charge in [-0.15, -0.1) is 0 Å². The van der Waals surface area contributed by atoms with Gasteiger partial charge in [0.15, 0.2) is 0 Å². The first kappa shape index (κ1) is 21.2. The van der Waals surface area contributed by atoms with E-state index in [-0.39, 0.29) is 5.57 Å². The normalized spacial score (nSPS) is 11.1. The van der Waals surface area contributed by atoms with Gasteiger partial charge in [0.05, 0.1) is 0 Å². The predicted molar refractivity (Wildman–Crippen MR) is 128 cm³/mol. The number of benzene rings is 4. The quantitative estimate of drug-likeness (QED) is 0.272. The van der Waals surface area contributed by atoms with E-state index in [1.54, 1.807) is 30.3 Å². The number of hydrogen-bond donors (Lipinski definition) is 1. The number of anilines is 1. The first-order chi connectivity index (χ1) is 15.6. The molecule has 0 aliphatic heterocycles. The van der Waals surface area contributed by atoms with Gasteiger partial charge in [-0.05, 0) is 70.4 Å². The van der Waals surface area contributed by atoms with Crippen LogP contribution in [0, 0.1) is 11.3 Å². The lowest BCUT2D eigenvalue weighted by molar-refractivity contribution is -0.112. The van der Waals surface area contributed by atoms with E-state index in [1.807, 2.05) is 42.5 Å². The number of ether oxygens (including phenoxy) is 1. The Labute approximate surface area is 191 Å². The zero-order valence-corrected chi connectivity index (χ0v) is 17.8. The van der Waals surface area contributed by atoms with Crippen LogP contribution < -0.4 is 10.1 Å². The van der Waals surface area contributed by atoms with Crippen molar-refractivity contribution in [3.8, 4) is 11.8 Å². The van der Waals surface area contributed by atoms with E-state index < -0.39 is 5.91 Å². The van der Waals surface area contributed by atoms with E-state index in [4.69, 9.17) is 16.3 Å². The maximum absolute atomic E-state index is 12.4. The third-order valence-electron chi connectivity index (χ3n) is 4.88. The molecule has 32 heavy (non-hydrogen) atoms. The van der Waals surface area contributed by atoms with E-state index >= 15 is 0 Å². The Bertz CT molecular complexity index is 1320. The van der Waals surface area contributed by atoms with Crippen LogP contribution in [-0.4, -0.2) is 5.91 Å². The largest absolute Gasteiger partial charge is 0.489 e. The average Bonchev–Trinajstić information content (AvgIpc) is 2.83. The van der Waals surface area contributed by atoms with Crippen molar-refractivity contribution in [2.24, 2.45) is 0 Å². The second kappa shape index (κ2) is 9.82. The summed E-state index contributed by atoms with van der Waals surface area (Å²) < 4.78 is 5.89. The number of nitrogens with one attached hydrogen (secondary N) is 1. The van der Waals surface area contributed by atoms with Crippen LogP contribution in [0.3, 0.4) is 0 Å². The summed E-state index contributed by atoms with van der Waals surface area (Å²) in [5, 5.41) is 15.0. The lowest BCUT2D eigenvalue weighted by Crippen LogP contribution is -2.13. The molecule has 0 fully saturated rings. The van der Waals surface area contributed by atoms with Gasteiger partial charge in [0, 0.05) is 10.7 Å². The standard InChI is InChI=1S/C27H19ClN2O2/c28-24-9-11-25(12-10-24)30-27(31)23(17-29)15-19-6-13-26(14-7-19)32-18-20-5-8-21-3-1-2-4-22(21)16-20/h1-16H,18H2,(H,30,31)/b23-15-. The first-order valence-electron chi connectivity index (χ1n) is 10.00. The topological polar surface area (TPSA) is 62.1 Å². The molecule has 0 spiro atoms. The fourth-order valence-electron chi connectivity index (χ4n) is 3.20. The molecule has 1 amide bonds. The monoisotopic (exact) mass is 438 g/mol. The second-order valence-electron chi connectivity index (χ2n) is 7.17. The van der Waals surface area contributed by atoms with Crippen LogP contribution in [0.25, 0.3) is 16.8 Å². The van der Waals surface area contributed by atoms with Gasteiger partial charge in [-0.2, -0.15) is 5.26 Å². The summed E-state index contributed by atoms with van der Waals surface area (Å²) in [6, 6.07) is 30.4. The number of nitrogens with zero attached hydrogens (tertiary/aromatic N) is 1. The van der Waals surface area contributed by atoms with Crippen LogP contribution in [0.15, 0.2) is 96.6 Å². The van der Waals surface area contributed by atoms with Gasteiger partial charge < -0.3 is 10.1 Å². The number of hydrogen-bond acceptors (Lipinski definition) is 3. The molecular weight excluding hydrogens is 420 g/mol. The van der Waals surface area contributed by atoms with Crippen LogP contribution in [0.4, 0.5) is 5.69 Å². The fourth-order valence-corrected chi connectivity index (χ4v) is 3.33. The lowest BCUT2D eigenvalue weighted by Gasteiger charge is -2.08. The average molecular weight is 439 g/mol. The molecule has 4 aromatic carbocycles. The summed E-state index contributed by atoms with van der Waals surface area (Å²) in [7, 11) is 0. The molecule has 0 bridgehead atoms. The van der Waals surface area contributed by atoms with Gasteiger partial charge in [0.25, 0.3) is 5.91 Å². The molecule has 4 rings (SSSR count). The second-order valence-corrected chi connectivity index (χ2v) is 7.61.